The molecule has 0 bridgehead atoms. The van der Waals surface area contributed by atoms with Crippen LogP contribution in [0, 0.1) is 6.92 Å². The van der Waals surface area contributed by atoms with Gasteiger partial charge in [0, 0.05) is 20.6 Å². The molecule has 0 saturated heterocycles. The predicted molar refractivity (Wildman–Crippen MR) is 84.3 cm³/mol. The molecule has 0 heterocycles. The molecule has 0 fully saturated rings. The standard InChI is InChI=1S/C16H19ClN2/c1-12-7-9-13(10-8-12)11-18-15-6-4-5-14(17)16(15)19(2)3/h4-10,18H,11H2,1-3H3. The molecule has 2 aromatic rings. The van der Waals surface area contributed by atoms with E-state index in [1.807, 2.05) is 31.1 Å². The lowest BCUT2D eigenvalue weighted by molar-refractivity contribution is 1.10. The van der Waals surface area contributed by atoms with Gasteiger partial charge in [0.05, 0.1) is 16.4 Å². The summed E-state index contributed by atoms with van der Waals surface area (Å²) in [5, 5.41) is 4.21. The minimum atomic E-state index is 0.763. The molecule has 100 valence electrons. The topological polar surface area (TPSA) is 15.3 Å². The molecule has 0 radical (unpaired) electrons. The highest BCUT2D eigenvalue weighted by Gasteiger charge is 2.08. The molecular weight excluding hydrogens is 256 g/mol. The zero-order chi connectivity index (χ0) is 13.8. The molecule has 0 aliphatic heterocycles. The van der Waals surface area contributed by atoms with Crippen LogP contribution in [0.4, 0.5) is 11.4 Å². The molecule has 0 saturated carbocycles. The number of nitrogens with one attached hydrogen (secondary N) is 1. The molecule has 0 aliphatic rings. The fourth-order valence-electron chi connectivity index (χ4n) is 2.02. The first-order valence-electron chi connectivity index (χ1n) is 6.33. The average molecular weight is 275 g/mol. The number of hydrogen-bond acceptors (Lipinski definition) is 2. The highest BCUT2D eigenvalue weighted by atomic mass is 35.5. The van der Waals surface area contributed by atoms with E-state index in [4.69, 9.17) is 11.6 Å². The van der Waals surface area contributed by atoms with Gasteiger partial charge in [-0.15, -0.1) is 0 Å². The van der Waals surface area contributed by atoms with Gasteiger partial charge in [0.1, 0.15) is 0 Å². The second kappa shape index (κ2) is 5.98. The normalized spacial score (nSPS) is 10.3. The van der Waals surface area contributed by atoms with Crippen molar-refractivity contribution in [2.45, 2.75) is 13.5 Å². The summed E-state index contributed by atoms with van der Waals surface area (Å²) in [4.78, 5) is 2.03. The van der Waals surface area contributed by atoms with Crippen LogP contribution in [0.1, 0.15) is 11.1 Å². The van der Waals surface area contributed by atoms with Crippen LogP contribution < -0.4 is 10.2 Å². The van der Waals surface area contributed by atoms with Crippen molar-refractivity contribution >= 4 is 23.0 Å². The molecule has 0 unspecified atom stereocenters. The first-order chi connectivity index (χ1) is 9.08. The third-order valence-corrected chi connectivity index (χ3v) is 3.34. The van der Waals surface area contributed by atoms with E-state index in [1.165, 1.54) is 11.1 Å². The van der Waals surface area contributed by atoms with Crippen molar-refractivity contribution < 1.29 is 0 Å². The van der Waals surface area contributed by atoms with E-state index in [0.717, 1.165) is 22.9 Å². The Morgan fingerprint density at radius 3 is 2.37 bits per heavy atom. The zero-order valence-electron chi connectivity index (χ0n) is 11.6. The van der Waals surface area contributed by atoms with Gasteiger partial charge in [-0.1, -0.05) is 47.5 Å². The molecule has 2 aromatic carbocycles. The van der Waals surface area contributed by atoms with Gasteiger partial charge in [-0.25, -0.2) is 0 Å². The van der Waals surface area contributed by atoms with Crippen LogP contribution in [0.3, 0.4) is 0 Å². The van der Waals surface area contributed by atoms with Gasteiger partial charge in [-0.05, 0) is 24.6 Å². The molecule has 2 nitrogen and oxygen atoms in total. The van der Waals surface area contributed by atoms with E-state index < -0.39 is 0 Å². The third kappa shape index (κ3) is 3.42. The summed E-state index contributed by atoms with van der Waals surface area (Å²) in [6, 6.07) is 14.5. The highest BCUT2D eigenvalue weighted by Crippen LogP contribution is 2.32. The monoisotopic (exact) mass is 274 g/mol. The fourth-order valence-corrected chi connectivity index (χ4v) is 2.36. The first kappa shape index (κ1) is 13.8. The highest BCUT2D eigenvalue weighted by molar-refractivity contribution is 6.34. The number of rotatable bonds is 4. The number of halogens is 1. The summed E-state index contributed by atoms with van der Waals surface area (Å²) in [5.41, 5.74) is 4.62. The third-order valence-electron chi connectivity index (χ3n) is 3.04. The van der Waals surface area contributed by atoms with Crippen molar-refractivity contribution in [2.75, 3.05) is 24.3 Å². The van der Waals surface area contributed by atoms with E-state index in [-0.39, 0.29) is 0 Å². The Kier molecular flexibility index (Phi) is 4.33. The van der Waals surface area contributed by atoms with Crippen LogP contribution in [-0.4, -0.2) is 14.1 Å². The van der Waals surface area contributed by atoms with E-state index in [1.54, 1.807) is 0 Å². The van der Waals surface area contributed by atoms with Gasteiger partial charge in [-0.2, -0.15) is 0 Å². The lowest BCUT2D eigenvalue weighted by Crippen LogP contribution is -2.12. The Morgan fingerprint density at radius 1 is 1.05 bits per heavy atom. The van der Waals surface area contributed by atoms with Crippen molar-refractivity contribution in [2.24, 2.45) is 0 Å². The first-order valence-corrected chi connectivity index (χ1v) is 6.71. The molecular formula is C16H19ClN2. The second-order valence-electron chi connectivity index (χ2n) is 4.87. The van der Waals surface area contributed by atoms with Crippen LogP contribution in [0.5, 0.6) is 0 Å². The molecule has 0 aliphatic carbocycles. The van der Waals surface area contributed by atoms with Gasteiger partial charge in [-0.3, -0.25) is 0 Å². The maximum Gasteiger partial charge on any atom is 0.0786 e. The van der Waals surface area contributed by atoms with E-state index in [9.17, 15) is 0 Å². The van der Waals surface area contributed by atoms with Crippen molar-refractivity contribution in [3.63, 3.8) is 0 Å². The van der Waals surface area contributed by atoms with E-state index in [2.05, 4.69) is 42.6 Å². The average Bonchev–Trinajstić information content (AvgIpc) is 2.37. The Morgan fingerprint density at radius 2 is 1.74 bits per heavy atom. The molecule has 0 spiro atoms. The SMILES string of the molecule is Cc1ccc(CNc2cccc(Cl)c2N(C)C)cc1. The van der Waals surface area contributed by atoms with Gasteiger partial charge >= 0.3 is 0 Å². The summed E-state index contributed by atoms with van der Waals surface area (Å²) in [6.07, 6.45) is 0. The lowest BCUT2D eigenvalue weighted by atomic mass is 10.1. The van der Waals surface area contributed by atoms with Crippen molar-refractivity contribution in [3.05, 3.63) is 58.6 Å². The van der Waals surface area contributed by atoms with Crippen LogP contribution in [0.15, 0.2) is 42.5 Å². The van der Waals surface area contributed by atoms with Gasteiger partial charge in [0.15, 0.2) is 0 Å². The molecule has 1 N–H and O–H groups in total. The maximum atomic E-state index is 6.25. The Balaban J connectivity index is 2.15. The molecule has 2 rings (SSSR count). The summed E-state index contributed by atoms with van der Waals surface area (Å²) in [7, 11) is 4.00. The van der Waals surface area contributed by atoms with Crippen LogP contribution in [0.2, 0.25) is 5.02 Å². The summed E-state index contributed by atoms with van der Waals surface area (Å²) >= 11 is 6.25. The fraction of sp³-hybridized carbons (Fsp3) is 0.250. The smallest absolute Gasteiger partial charge is 0.0786 e. The Bertz CT molecular complexity index is 547. The van der Waals surface area contributed by atoms with E-state index >= 15 is 0 Å². The van der Waals surface area contributed by atoms with Crippen molar-refractivity contribution in [1.29, 1.82) is 0 Å². The quantitative estimate of drug-likeness (QED) is 0.893. The lowest BCUT2D eigenvalue weighted by Gasteiger charge is -2.20. The van der Waals surface area contributed by atoms with Crippen LogP contribution in [-0.2, 0) is 6.54 Å². The number of hydrogen-bond donors (Lipinski definition) is 1. The molecule has 0 atom stereocenters. The van der Waals surface area contributed by atoms with Gasteiger partial charge in [0.25, 0.3) is 0 Å². The largest absolute Gasteiger partial charge is 0.379 e. The number of para-hydroxylation sites is 1. The van der Waals surface area contributed by atoms with Crippen LogP contribution >= 0.6 is 11.6 Å². The maximum absolute atomic E-state index is 6.25. The number of anilines is 2. The number of aryl methyl sites for hydroxylation is 1. The van der Waals surface area contributed by atoms with Crippen molar-refractivity contribution in [1.82, 2.24) is 0 Å². The van der Waals surface area contributed by atoms with Crippen molar-refractivity contribution in [3.8, 4) is 0 Å². The molecule has 19 heavy (non-hydrogen) atoms. The second-order valence-corrected chi connectivity index (χ2v) is 5.28. The number of nitrogens with zero attached hydrogens (tertiary/aromatic N) is 1. The minimum absolute atomic E-state index is 0.763. The Hall–Kier alpha value is -1.67. The van der Waals surface area contributed by atoms with E-state index in [0.29, 0.717) is 0 Å². The summed E-state index contributed by atoms with van der Waals surface area (Å²) in [6.45, 7) is 2.89. The Labute approximate surface area is 120 Å². The summed E-state index contributed by atoms with van der Waals surface area (Å²) in [5.74, 6) is 0. The van der Waals surface area contributed by atoms with Crippen LogP contribution in [0.25, 0.3) is 0 Å². The van der Waals surface area contributed by atoms with Gasteiger partial charge < -0.3 is 10.2 Å². The molecule has 0 amide bonds. The molecule has 0 aromatic heterocycles. The predicted octanol–water partition coefficient (Wildman–Crippen LogP) is 4.33. The minimum Gasteiger partial charge on any atom is -0.379 e. The number of benzene rings is 2. The zero-order valence-corrected chi connectivity index (χ0v) is 12.3. The van der Waals surface area contributed by atoms with Gasteiger partial charge in [0.2, 0.25) is 0 Å². The summed E-state index contributed by atoms with van der Waals surface area (Å²) < 4.78 is 0. The molecule has 3 heteroatoms.